The maximum absolute atomic E-state index is 12.7. The first kappa shape index (κ1) is 22.9. The van der Waals surface area contributed by atoms with Crippen molar-refractivity contribution in [1.29, 1.82) is 0 Å². The first-order valence-corrected chi connectivity index (χ1v) is 10.7. The van der Waals surface area contributed by atoms with E-state index in [-0.39, 0.29) is 18.9 Å². The van der Waals surface area contributed by atoms with Crippen LogP contribution in [0.15, 0.2) is 53.0 Å². The van der Waals surface area contributed by atoms with Gasteiger partial charge in [0.2, 0.25) is 5.91 Å². The van der Waals surface area contributed by atoms with Crippen LogP contribution in [0, 0.1) is 0 Å². The first-order chi connectivity index (χ1) is 13.9. The van der Waals surface area contributed by atoms with Crippen molar-refractivity contribution in [2.75, 3.05) is 19.7 Å². The van der Waals surface area contributed by atoms with Crippen molar-refractivity contribution in [2.24, 2.45) is 5.73 Å². The highest BCUT2D eigenvalue weighted by molar-refractivity contribution is 9.10. The Morgan fingerprint density at radius 3 is 2.48 bits per heavy atom. The molecule has 0 bridgehead atoms. The van der Waals surface area contributed by atoms with Crippen LogP contribution in [0.25, 0.3) is 0 Å². The number of nitrogens with zero attached hydrogens (tertiary/aromatic N) is 1. The lowest BCUT2D eigenvalue weighted by Gasteiger charge is -2.22. The van der Waals surface area contributed by atoms with Crippen LogP contribution in [0.4, 0.5) is 0 Å². The lowest BCUT2D eigenvalue weighted by Crippen LogP contribution is -2.38. The molecule has 0 aliphatic heterocycles. The minimum Gasteiger partial charge on any atom is -0.483 e. The lowest BCUT2D eigenvalue weighted by molar-refractivity contribution is -0.133. The monoisotopic (exact) mass is 460 g/mol. The van der Waals surface area contributed by atoms with Crippen LogP contribution in [0.5, 0.6) is 5.75 Å². The number of halogens is 1. The summed E-state index contributed by atoms with van der Waals surface area (Å²) in [6.07, 6.45) is 1.90. The molecule has 0 spiro atoms. The molecule has 2 aromatic carbocycles. The second-order valence-electron chi connectivity index (χ2n) is 7.12. The molecule has 2 N–H and O–H groups in total. The van der Waals surface area contributed by atoms with Gasteiger partial charge in [0.1, 0.15) is 5.75 Å². The van der Waals surface area contributed by atoms with Crippen LogP contribution >= 0.6 is 15.9 Å². The van der Waals surface area contributed by atoms with Gasteiger partial charge in [-0.3, -0.25) is 9.59 Å². The zero-order valence-electron chi connectivity index (χ0n) is 17.1. The first-order valence-electron chi connectivity index (χ1n) is 9.93. The van der Waals surface area contributed by atoms with Crippen LogP contribution in [0.1, 0.15) is 43.7 Å². The molecule has 2 aromatic rings. The average molecular weight is 461 g/mol. The third-order valence-corrected chi connectivity index (χ3v) is 5.60. The van der Waals surface area contributed by atoms with Crippen LogP contribution < -0.4 is 10.5 Å². The van der Waals surface area contributed by atoms with Crippen molar-refractivity contribution < 1.29 is 14.3 Å². The number of ether oxygens (including phenoxy) is 1. The summed E-state index contributed by atoms with van der Waals surface area (Å²) in [6, 6.07) is 15.9. The van der Waals surface area contributed by atoms with Crippen LogP contribution in [-0.4, -0.2) is 36.4 Å². The molecule has 0 fully saturated rings. The Morgan fingerprint density at radius 1 is 1.14 bits per heavy atom. The number of primary amides is 1. The van der Waals surface area contributed by atoms with E-state index in [1.807, 2.05) is 48.5 Å². The smallest absolute Gasteiger partial charge is 0.260 e. The summed E-state index contributed by atoms with van der Waals surface area (Å²) >= 11 is 3.53. The van der Waals surface area contributed by atoms with Gasteiger partial charge in [-0.05, 0) is 57.9 Å². The minimum atomic E-state index is -0.424. The van der Waals surface area contributed by atoms with E-state index < -0.39 is 5.91 Å². The lowest BCUT2D eigenvalue weighted by atomic mass is 9.99. The summed E-state index contributed by atoms with van der Waals surface area (Å²) in [4.78, 5) is 25.5. The molecule has 0 saturated carbocycles. The summed E-state index contributed by atoms with van der Waals surface area (Å²) < 4.78 is 6.58. The topological polar surface area (TPSA) is 72.6 Å². The predicted octanol–water partition coefficient (Wildman–Crippen LogP) is 4.29. The van der Waals surface area contributed by atoms with Gasteiger partial charge in [-0.25, -0.2) is 0 Å². The Balaban J connectivity index is 1.98. The fourth-order valence-electron chi connectivity index (χ4n) is 2.92. The number of nitrogens with two attached hydrogens (primary N) is 1. The Labute approximate surface area is 181 Å². The van der Waals surface area contributed by atoms with Crippen molar-refractivity contribution in [3.63, 3.8) is 0 Å². The minimum absolute atomic E-state index is 0.0885. The van der Waals surface area contributed by atoms with Gasteiger partial charge in [-0.2, -0.15) is 0 Å². The highest BCUT2D eigenvalue weighted by atomic mass is 79.9. The third kappa shape index (κ3) is 7.54. The molecule has 2 rings (SSSR count). The molecule has 0 aromatic heterocycles. The molecular formula is C23H29BrN2O3. The number of rotatable bonds is 11. The van der Waals surface area contributed by atoms with Gasteiger partial charge < -0.3 is 15.4 Å². The molecule has 0 saturated heterocycles. The van der Waals surface area contributed by atoms with Crippen molar-refractivity contribution >= 4 is 27.7 Å². The van der Waals surface area contributed by atoms with E-state index in [2.05, 4.69) is 29.8 Å². The van der Waals surface area contributed by atoms with Crippen molar-refractivity contribution in [3.05, 3.63) is 64.1 Å². The quantitative estimate of drug-likeness (QED) is 0.543. The molecule has 0 heterocycles. The largest absolute Gasteiger partial charge is 0.483 e. The normalized spacial score (nSPS) is 11.7. The van der Waals surface area contributed by atoms with Gasteiger partial charge >= 0.3 is 0 Å². The van der Waals surface area contributed by atoms with Crippen molar-refractivity contribution in [2.45, 2.75) is 39.0 Å². The van der Waals surface area contributed by atoms with Gasteiger partial charge in [0, 0.05) is 19.5 Å². The van der Waals surface area contributed by atoms with Crippen molar-refractivity contribution in [3.8, 4) is 5.75 Å². The summed E-state index contributed by atoms with van der Waals surface area (Å²) in [6.45, 7) is 5.04. The maximum atomic E-state index is 12.7. The third-order valence-electron chi connectivity index (χ3n) is 4.98. The summed E-state index contributed by atoms with van der Waals surface area (Å²) in [5.74, 6) is 0.500. The zero-order chi connectivity index (χ0) is 21.2. The van der Waals surface area contributed by atoms with E-state index >= 15 is 0 Å². The standard InChI is InChI=1S/C23H29BrN2O3/c1-3-17(2)19-9-10-21(20(24)15-19)29-16-23(28)26(14-12-22(25)27)13-11-18-7-5-4-6-8-18/h4-10,15,17H,3,11-14,16H2,1-2H3,(H2,25,27). The average Bonchev–Trinajstić information content (AvgIpc) is 2.72. The molecule has 1 unspecified atom stereocenters. The Hall–Kier alpha value is -2.34. The van der Waals surface area contributed by atoms with Crippen molar-refractivity contribution in [1.82, 2.24) is 4.90 Å². The van der Waals surface area contributed by atoms with E-state index in [1.165, 1.54) is 5.56 Å². The van der Waals surface area contributed by atoms with Gasteiger partial charge in [0.15, 0.2) is 6.61 Å². The predicted molar refractivity (Wildman–Crippen MR) is 119 cm³/mol. The van der Waals surface area contributed by atoms with Crippen LogP contribution in [0.2, 0.25) is 0 Å². The number of hydrogen-bond donors (Lipinski definition) is 1. The van der Waals surface area contributed by atoms with E-state index in [1.54, 1.807) is 4.90 Å². The fourth-order valence-corrected chi connectivity index (χ4v) is 3.43. The number of hydrogen-bond acceptors (Lipinski definition) is 3. The van der Waals surface area contributed by atoms with Crippen LogP contribution in [0.3, 0.4) is 0 Å². The summed E-state index contributed by atoms with van der Waals surface area (Å²) in [7, 11) is 0. The highest BCUT2D eigenvalue weighted by Crippen LogP contribution is 2.30. The maximum Gasteiger partial charge on any atom is 0.260 e. The SMILES string of the molecule is CCC(C)c1ccc(OCC(=O)N(CCC(N)=O)CCc2ccccc2)c(Br)c1. The highest BCUT2D eigenvalue weighted by Gasteiger charge is 2.16. The Bertz CT molecular complexity index is 811. The summed E-state index contributed by atoms with van der Waals surface area (Å²) in [5, 5.41) is 0. The molecular weight excluding hydrogens is 432 g/mol. The summed E-state index contributed by atoms with van der Waals surface area (Å²) in [5.41, 5.74) is 7.63. The Morgan fingerprint density at radius 2 is 1.86 bits per heavy atom. The Kier molecular flexibility index (Phi) is 9.19. The number of carbonyl (C=O) groups excluding carboxylic acids is 2. The van der Waals surface area contributed by atoms with Gasteiger partial charge in [-0.1, -0.05) is 50.2 Å². The van der Waals surface area contributed by atoms with E-state index in [9.17, 15) is 9.59 Å². The van der Waals surface area contributed by atoms with Crippen LogP contribution in [-0.2, 0) is 16.0 Å². The van der Waals surface area contributed by atoms with Gasteiger partial charge in [-0.15, -0.1) is 0 Å². The second-order valence-corrected chi connectivity index (χ2v) is 7.97. The molecule has 156 valence electrons. The number of benzene rings is 2. The molecule has 5 nitrogen and oxygen atoms in total. The molecule has 1 atom stereocenters. The number of amides is 2. The number of carbonyl (C=O) groups is 2. The molecule has 0 aliphatic carbocycles. The molecule has 0 aliphatic rings. The van der Waals surface area contributed by atoms with Gasteiger partial charge in [0.25, 0.3) is 5.91 Å². The van der Waals surface area contributed by atoms with E-state index in [0.717, 1.165) is 16.5 Å². The molecule has 2 amide bonds. The fraction of sp³-hybridized carbons (Fsp3) is 0.391. The molecule has 6 heteroatoms. The molecule has 0 radical (unpaired) electrons. The van der Waals surface area contributed by atoms with E-state index in [0.29, 0.717) is 31.2 Å². The second kappa shape index (κ2) is 11.6. The van der Waals surface area contributed by atoms with E-state index in [4.69, 9.17) is 10.5 Å². The zero-order valence-corrected chi connectivity index (χ0v) is 18.7. The van der Waals surface area contributed by atoms with Gasteiger partial charge in [0.05, 0.1) is 4.47 Å². The molecule has 29 heavy (non-hydrogen) atoms.